The second-order valence-corrected chi connectivity index (χ2v) is 3.73. The number of hydrogen-bond donors (Lipinski definition) is 1. The van der Waals surface area contributed by atoms with E-state index in [2.05, 4.69) is 10.3 Å². The lowest BCUT2D eigenvalue weighted by atomic mass is 10.2. The summed E-state index contributed by atoms with van der Waals surface area (Å²) >= 11 is 0. The van der Waals surface area contributed by atoms with Gasteiger partial charge in [0.15, 0.2) is 5.89 Å². The van der Waals surface area contributed by atoms with Crippen LogP contribution in [0.2, 0.25) is 0 Å². The summed E-state index contributed by atoms with van der Waals surface area (Å²) in [6.07, 6.45) is 0.632. The molecule has 4 nitrogen and oxygen atoms in total. The number of halogens is 1. The third kappa shape index (κ3) is 2.66. The summed E-state index contributed by atoms with van der Waals surface area (Å²) in [6, 6.07) is 8.09. The molecular weight excluding hydrogens is 233 g/mol. The highest BCUT2D eigenvalue weighted by Gasteiger charge is 2.11. The first kappa shape index (κ1) is 12.1. The zero-order valence-corrected chi connectivity index (χ0v) is 9.90. The molecule has 0 saturated heterocycles. The van der Waals surface area contributed by atoms with Crippen LogP contribution in [-0.4, -0.2) is 4.98 Å². The largest absolute Gasteiger partial charge is 0.424 e. The first-order chi connectivity index (χ1) is 8.72. The van der Waals surface area contributed by atoms with Crippen molar-refractivity contribution in [3.63, 3.8) is 0 Å². The molecule has 2 rings (SSSR count). The fourth-order valence-electron chi connectivity index (χ4n) is 1.50. The highest BCUT2D eigenvalue weighted by molar-refractivity contribution is 5.45. The molecule has 0 aliphatic heterocycles. The van der Waals surface area contributed by atoms with Crippen LogP contribution in [0.3, 0.4) is 0 Å². The van der Waals surface area contributed by atoms with Gasteiger partial charge in [-0.3, -0.25) is 0 Å². The fraction of sp³-hybridized carbons (Fsp3) is 0.231. The van der Waals surface area contributed by atoms with Gasteiger partial charge in [-0.15, -0.1) is 0 Å². The Labute approximate surface area is 104 Å². The lowest BCUT2D eigenvalue weighted by Crippen LogP contribution is -1.99. The maximum absolute atomic E-state index is 12.7. The Balaban J connectivity index is 2.08. The summed E-state index contributed by atoms with van der Waals surface area (Å²) in [4.78, 5) is 4.02. The predicted octanol–water partition coefficient (Wildman–Crippen LogP) is 2.86. The van der Waals surface area contributed by atoms with E-state index in [9.17, 15) is 4.39 Å². The number of nitrogens with zero attached hydrogens (tertiary/aromatic N) is 2. The lowest BCUT2D eigenvalue weighted by molar-refractivity contribution is 0.512. The Kier molecular flexibility index (Phi) is 3.58. The number of anilines is 1. The molecule has 0 saturated carbocycles. The molecule has 5 heteroatoms. The van der Waals surface area contributed by atoms with Gasteiger partial charge in [0.25, 0.3) is 0 Å². The molecule has 0 atom stereocenters. The van der Waals surface area contributed by atoms with Crippen LogP contribution in [0.1, 0.15) is 24.1 Å². The van der Waals surface area contributed by atoms with Crippen molar-refractivity contribution in [2.45, 2.75) is 19.9 Å². The Morgan fingerprint density at radius 2 is 2.11 bits per heavy atom. The van der Waals surface area contributed by atoms with Crippen LogP contribution in [0.5, 0.6) is 0 Å². The second-order valence-electron chi connectivity index (χ2n) is 3.73. The highest BCUT2D eigenvalue weighted by Crippen LogP contribution is 2.17. The highest BCUT2D eigenvalue weighted by atomic mass is 19.1. The third-order valence-electron chi connectivity index (χ3n) is 2.45. The number of aromatic nitrogens is 1. The van der Waals surface area contributed by atoms with Gasteiger partial charge in [0.2, 0.25) is 11.6 Å². The van der Waals surface area contributed by atoms with Crippen LogP contribution in [-0.2, 0) is 13.0 Å². The van der Waals surface area contributed by atoms with Crippen molar-refractivity contribution in [1.82, 2.24) is 4.98 Å². The van der Waals surface area contributed by atoms with Gasteiger partial charge in [-0.25, -0.2) is 9.37 Å². The minimum atomic E-state index is -0.274. The van der Waals surface area contributed by atoms with E-state index in [1.807, 2.05) is 13.0 Å². The van der Waals surface area contributed by atoms with E-state index < -0.39 is 0 Å². The van der Waals surface area contributed by atoms with Crippen LogP contribution < -0.4 is 5.32 Å². The summed E-state index contributed by atoms with van der Waals surface area (Å²) in [5.74, 6) is 0.608. The third-order valence-corrected chi connectivity index (χ3v) is 2.45. The lowest BCUT2D eigenvalue weighted by Gasteiger charge is -2.02. The molecule has 0 aliphatic carbocycles. The van der Waals surface area contributed by atoms with E-state index in [-0.39, 0.29) is 11.5 Å². The minimum Gasteiger partial charge on any atom is -0.424 e. The van der Waals surface area contributed by atoms with Gasteiger partial charge < -0.3 is 9.73 Å². The van der Waals surface area contributed by atoms with Crippen molar-refractivity contribution in [1.29, 1.82) is 5.26 Å². The van der Waals surface area contributed by atoms with Crippen molar-refractivity contribution in [2.24, 2.45) is 0 Å². The molecule has 18 heavy (non-hydrogen) atoms. The zero-order valence-electron chi connectivity index (χ0n) is 9.90. The smallest absolute Gasteiger partial charge is 0.232 e. The Morgan fingerprint density at radius 1 is 1.39 bits per heavy atom. The Bertz CT molecular complexity index is 569. The Hall–Kier alpha value is -2.35. The molecule has 0 bridgehead atoms. The number of aryl methyl sites for hydroxylation is 1. The van der Waals surface area contributed by atoms with Crippen LogP contribution in [0.4, 0.5) is 10.3 Å². The van der Waals surface area contributed by atoms with Gasteiger partial charge in [0.1, 0.15) is 11.9 Å². The molecule has 0 unspecified atom stereocenters. The SMILES string of the molecule is CCc1nc(C#N)c(NCc2ccc(F)cc2)o1. The van der Waals surface area contributed by atoms with Gasteiger partial charge in [-0.2, -0.15) is 5.26 Å². The molecule has 0 amide bonds. The Morgan fingerprint density at radius 3 is 2.72 bits per heavy atom. The number of nitrogens with one attached hydrogen (secondary N) is 1. The molecule has 1 aromatic carbocycles. The van der Waals surface area contributed by atoms with E-state index in [4.69, 9.17) is 9.68 Å². The molecule has 0 fully saturated rings. The molecular formula is C13H12FN3O. The van der Waals surface area contributed by atoms with Crippen molar-refractivity contribution in [2.75, 3.05) is 5.32 Å². The average Bonchev–Trinajstić information content (AvgIpc) is 2.80. The number of hydrogen-bond acceptors (Lipinski definition) is 4. The second kappa shape index (κ2) is 5.32. The molecule has 2 aromatic rings. The summed E-state index contributed by atoms with van der Waals surface area (Å²) in [5.41, 5.74) is 1.14. The first-order valence-corrected chi connectivity index (χ1v) is 5.61. The molecule has 1 aromatic heterocycles. The summed E-state index contributed by atoms with van der Waals surface area (Å²) in [7, 11) is 0. The van der Waals surface area contributed by atoms with Crippen LogP contribution >= 0.6 is 0 Å². The molecule has 0 spiro atoms. The monoisotopic (exact) mass is 245 g/mol. The van der Waals surface area contributed by atoms with Crippen molar-refractivity contribution >= 4 is 5.88 Å². The van der Waals surface area contributed by atoms with Gasteiger partial charge in [-0.1, -0.05) is 19.1 Å². The summed E-state index contributed by atoms with van der Waals surface area (Å²) < 4.78 is 18.1. The van der Waals surface area contributed by atoms with E-state index in [0.29, 0.717) is 24.7 Å². The predicted molar refractivity (Wildman–Crippen MR) is 64.3 cm³/mol. The molecule has 92 valence electrons. The zero-order chi connectivity index (χ0) is 13.0. The van der Waals surface area contributed by atoms with Gasteiger partial charge >= 0.3 is 0 Å². The summed E-state index contributed by atoms with van der Waals surface area (Å²) in [5, 5.41) is 11.9. The average molecular weight is 245 g/mol. The van der Waals surface area contributed by atoms with Crippen molar-refractivity contribution < 1.29 is 8.81 Å². The number of oxazole rings is 1. The minimum absolute atomic E-state index is 0.244. The number of nitriles is 1. The van der Waals surface area contributed by atoms with Crippen molar-refractivity contribution in [3.8, 4) is 6.07 Å². The number of rotatable bonds is 4. The topological polar surface area (TPSA) is 61.9 Å². The molecule has 0 aliphatic rings. The van der Waals surface area contributed by atoms with Gasteiger partial charge in [0.05, 0.1) is 0 Å². The fourth-order valence-corrected chi connectivity index (χ4v) is 1.50. The van der Waals surface area contributed by atoms with E-state index in [1.165, 1.54) is 12.1 Å². The van der Waals surface area contributed by atoms with Gasteiger partial charge in [-0.05, 0) is 17.7 Å². The van der Waals surface area contributed by atoms with E-state index >= 15 is 0 Å². The molecule has 1 heterocycles. The van der Waals surface area contributed by atoms with E-state index in [1.54, 1.807) is 12.1 Å². The summed E-state index contributed by atoms with van der Waals surface area (Å²) in [6.45, 7) is 2.35. The quantitative estimate of drug-likeness (QED) is 0.899. The maximum atomic E-state index is 12.7. The van der Waals surface area contributed by atoms with Gasteiger partial charge in [0, 0.05) is 13.0 Å². The first-order valence-electron chi connectivity index (χ1n) is 5.61. The molecule has 1 N–H and O–H groups in total. The van der Waals surface area contributed by atoms with Crippen molar-refractivity contribution in [3.05, 3.63) is 47.2 Å². The molecule has 0 radical (unpaired) electrons. The standard InChI is InChI=1S/C13H12FN3O/c1-2-12-17-11(7-15)13(18-12)16-8-9-3-5-10(14)6-4-9/h3-6,16H,2,8H2,1H3. The maximum Gasteiger partial charge on any atom is 0.232 e. The normalized spacial score (nSPS) is 10.1. The van der Waals surface area contributed by atoms with E-state index in [0.717, 1.165) is 5.56 Å². The van der Waals surface area contributed by atoms with Crippen LogP contribution in [0.15, 0.2) is 28.7 Å². The van der Waals surface area contributed by atoms with Crippen LogP contribution in [0.25, 0.3) is 0 Å². The number of benzene rings is 1. The van der Waals surface area contributed by atoms with Crippen LogP contribution in [0, 0.1) is 17.1 Å².